The number of carbonyl (C=O) groups is 1. The molecule has 28 heavy (non-hydrogen) atoms. The summed E-state index contributed by atoms with van der Waals surface area (Å²) >= 11 is 0. The number of benzene rings is 2. The number of hydrogen-bond acceptors (Lipinski definition) is 5. The van der Waals surface area contributed by atoms with Gasteiger partial charge in [-0.25, -0.2) is 9.97 Å². The van der Waals surface area contributed by atoms with Crippen LogP contribution in [-0.2, 0) is 6.42 Å². The average molecular weight is 376 g/mol. The Morgan fingerprint density at radius 1 is 1.07 bits per heavy atom. The van der Waals surface area contributed by atoms with Crippen LogP contribution < -0.4 is 15.4 Å². The largest absolute Gasteiger partial charge is 0.495 e. The molecule has 3 aromatic rings. The summed E-state index contributed by atoms with van der Waals surface area (Å²) in [6, 6.07) is 15.9. The van der Waals surface area contributed by atoms with Crippen molar-refractivity contribution >= 4 is 17.4 Å². The van der Waals surface area contributed by atoms with E-state index >= 15 is 0 Å². The topological polar surface area (TPSA) is 76.1 Å². The lowest BCUT2D eigenvalue weighted by Crippen LogP contribution is -2.15. The van der Waals surface area contributed by atoms with Gasteiger partial charge in [-0.3, -0.25) is 4.79 Å². The third kappa shape index (κ3) is 5.30. The molecule has 144 valence electrons. The molecule has 0 unspecified atom stereocenters. The van der Waals surface area contributed by atoms with Gasteiger partial charge in [0, 0.05) is 6.54 Å². The zero-order chi connectivity index (χ0) is 19.8. The van der Waals surface area contributed by atoms with Crippen LogP contribution in [0.3, 0.4) is 0 Å². The second-order valence-electron chi connectivity index (χ2n) is 6.46. The van der Waals surface area contributed by atoms with E-state index < -0.39 is 0 Å². The zero-order valence-corrected chi connectivity index (χ0v) is 16.1. The van der Waals surface area contributed by atoms with Gasteiger partial charge in [-0.15, -0.1) is 0 Å². The summed E-state index contributed by atoms with van der Waals surface area (Å²) in [6.45, 7) is 2.74. The molecule has 1 aromatic heterocycles. The van der Waals surface area contributed by atoms with E-state index in [-0.39, 0.29) is 11.6 Å². The molecule has 0 spiro atoms. The molecule has 0 aliphatic rings. The molecule has 1 amide bonds. The number of rotatable bonds is 8. The maximum absolute atomic E-state index is 12.4. The van der Waals surface area contributed by atoms with Crippen LogP contribution in [0.5, 0.6) is 5.75 Å². The van der Waals surface area contributed by atoms with Gasteiger partial charge in [0.05, 0.1) is 25.2 Å². The van der Waals surface area contributed by atoms with Crippen LogP contribution in [0.2, 0.25) is 0 Å². The highest BCUT2D eigenvalue weighted by Crippen LogP contribution is 2.25. The van der Waals surface area contributed by atoms with Crippen molar-refractivity contribution in [3.05, 3.63) is 77.7 Å². The van der Waals surface area contributed by atoms with Crippen LogP contribution in [0.4, 0.5) is 11.5 Å². The highest BCUT2D eigenvalue weighted by atomic mass is 16.5. The van der Waals surface area contributed by atoms with Crippen molar-refractivity contribution in [3.63, 3.8) is 0 Å². The number of nitrogens with zero attached hydrogens (tertiary/aromatic N) is 2. The lowest BCUT2D eigenvalue weighted by molar-refractivity contribution is 0.102. The van der Waals surface area contributed by atoms with Crippen molar-refractivity contribution in [3.8, 4) is 5.75 Å². The summed E-state index contributed by atoms with van der Waals surface area (Å²) in [5.41, 5.74) is 3.20. The van der Waals surface area contributed by atoms with Crippen molar-refractivity contribution in [2.45, 2.75) is 19.8 Å². The number of anilines is 2. The summed E-state index contributed by atoms with van der Waals surface area (Å²) in [6.07, 6.45) is 5.03. The standard InChI is InChI=1S/C22H24N4O2/c1-16-10-11-20(28-2)18(13-16)26-22(27)19-14-25-21(15-24-19)23-12-6-9-17-7-4-3-5-8-17/h3-5,7-8,10-11,13-15H,6,9,12H2,1-2H3,(H,23,25)(H,26,27). The molecule has 1 heterocycles. The molecule has 6 nitrogen and oxygen atoms in total. The van der Waals surface area contributed by atoms with E-state index in [1.807, 2.05) is 43.3 Å². The smallest absolute Gasteiger partial charge is 0.275 e. The summed E-state index contributed by atoms with van der Waals surface area (Å²) in [7, 11) is 1.57. The molecular weight excluding hydrogens is 352 g/mol. The first-order valence-electron chi connectivity index (χ1n) is 9.21. The number of aryl methyl sites for hydroxylation is 2. The number of ether oxygens (including phenoxy) is 1. The fourth-order valence-corrected chi connectivity index (χ4v) is 2.80. The van der Waals surface area contributed by atoms with Gasteiger partial charge in [-0.2, -0.15) is 0 Å². The third-order valence-corrected chi connectivity index (χ3v) is 4.28. The number of nitrogens with one attached hydrogen (secondary N) is 2. The molecule has 0 bridgehead atoms. The minimum absolute atomic E-state index is 0.249. The van der Waals surface area contributed by atoms with Gasteiger partial charge in [0.15, 0.2) is 0 Å². The predicted molar refractivity (Wildman–Crippen MR) is 111 cm³/mol. The second kappa shape index (κ2) is 9.50. The zero-order valence-electron chi connectivity index (χ0n) is 16.1. The van der Waals surface area contributed by atoms with Crippen LogP contribution in [0.1, 0.15) is 28.0 Å². The molecule has 0 radical (unpaired) electrons. The van der Waals surface area contributed by atoms with Crippen LogP contribution in [-0.4, -0.2) is 29.5 Å². The van der Waals surface area contributed by atoms with Gasteiger partial charge in [0.1, 0.15) is 17.3 Å². The minimum atomic E-state index is -0.327. The fraction of sp³-hybridized carbons (Fsp3) is 0.227. The first-order valence-corrected chi connectivity index (χ1v) is 9.21. The van der Waals surface area contributed by atoms with Crippen molar-refractivity contribution in [1.29, 1.82) is 0 Å². The molecule has 2 aromatic carbocycles. The van der Waals surface area contributed by atoms with Crippen LogP contribution in [0, 0.1) is 6.92 Å². The number of amides is 1. The molecule has 2 N–H and O–H groups in total. The molecule has 0 fully saturated rings. The molecule has 0 aliphatic heterocycles. The average Bonchev–Trinajstić information content (AvgIpc) is 2.72. The van der Waals surface area contributed by atoms with Crippen LogP contribution >= 0.6 is 0 Å². The molecule has 3 rings (SSSR count). The van der Waals surface area contributed by atoms with E-state index in [0.717, 1.165) is 24.9 Å². The quantitative estimate of drug-likeness (QED) is 0.579. The lowest BCUT2D eigenvalue weighted by atomic mass is 10.1. The summed E-state index contributed by atoms with van der Waals surface area (Å²) < 4.78 is 5.28. The molecule has 0 aliphatic carbocycles. The Hall–Kier alpha value is -3.41. The predicted octanol–water partition coefficient (Wildman–Crippen LogP) is 4.09. The Balaban J connectivity index is 1.52. The Kier molecular flexibility index (Phi) is 6.57. The van der Waals surface area contributed by atoms with Gasteiger partial charge in [0.2, 0.25) is 0 Å². The Morgan fingerprint density at radius 3 is 2.61 bits per heavy atom. The second-order valence-corrected chi connectivity index (χ2v) is 6.46. The van der Waals surface area contributed by atoms with Gasteiger partial charge in [-0.1, -0.05) is 36.4 Å². The maximum Gasteiger partial charge on any atom is 0.275 e. The van der Waals surface area contributed by atoms with E-state index in [9.17, 15) is 4.79 Å². The number of methoxy groups -OCH3 is 1. The molecule has 0 saturated carbocycles. The third-order valence-electron chi connectivity index (χ3n) is 4.28. The van der Waals surface area contributed by atoms with E-state index in [1.165, 1.54) is 11.8 Å². The van der Waals surface area contributed by atoms with E-state index in [1.54, 1.807) is 13.3 Å². The maximum atomic E-state index is 12.4. The first-order chi connectivity index (χ1) is 13.7. The molecule has 0 atom stereocenters. The SMILES string of the molecule is COc1ccc(C)cc1NC(=O)c1cnc(NCCCc2ccccc2)cn1. The van der Waals surface area contributed by atoms with Gasteiger partial charge in [-0.05, 0) is 43.0 Å². The monoisotopic (exact) mass is 376 g/mol. The number of hydrogen-bond donors (Lipinski definition) is 2. The first kappa shape index (κ1) is 19.4. The Labute approximate surface area is 165 Å². The summed E-state index contributed by atoms with van der Waals surface area (Å²) in [4.78, 5) is 20.9. The number of carbonyl (C=O) groups excluding carboxylic acids is 1. The summed E-state index contributed by atoms with van der Waals surface area (Å²) in [5.74, 6) is 0.924. The van der Waals surface area contributed by atoms with Gasteiger partial charge >= 0.3 is 0 Å². The van der Waals surface area contributed by atoms with E-state index in [2.05, 4.69) is 32.7 Å². The van der Waals surface area contributed by atoms with Crippen LogP contribution in [0.25, 0.3) is 0 Å². The Morgan fingerprint density at radius 2 is 1.89 bits per heavy atom. The van der Waals surface area contributed by atoms with Crippen molar-refractivity contribution < 1.29 is 9.53 Å². The highest BCUT2D eigenvalue weighted by Gasteiger charge is 2.12. The van der Waals surface area contributed by atoms with Crippen LogP contribution in [0.15, 0.2) is 60.9 Å². The number of aromatic nitrogens is 2. The lowest BCUT2D eigenvalue weighted by Gasteiger charge is -2.11. The van der Waals surface area contributed by atoms with Crippen molar-refractivity contribution in [2.75, 3.05) is 24.3 Å². The van der Waals surface area contributed by atoms with Gasteiger partial charge < -0.3 is 15.4 Å². The minimum Gasteiger partial charge on any atom is -0.495 e. The van der Waals surface area contributed by atoms with Crippen molar-refractivity contribution in [2.24, 2.45) is 0 Å². The van der Waals surface area contributed by atoms with Crippen molar-refractivity contribution in [1.82, 2.24) is 9.97 Å². The normalized spacial score (nSPS) is 10.4. The molecule has 6 heteroatoms. The highest BCUT2D eigenvalue weighted by molar-refractivity contribution is 6.03. The van der Waals surface area contributed by atoms with E-state index in [0.29, 0.717) is 17.3 Å². The summed E-state index contributed by atoms with van der Waals surface area (Å²) in [5, 5.41) is 6.05. The fourth-order valence-electron chi connectivity index (χ4n) is 2.80. The van der Waals surface area contributed by atoms with Gasteiger partial charge in [0.25, 0.3) is 5.91 Å². The van der Waals surface area contributed by atoms with E-state index in [4.69, 9.17) is 4.74 Å². The molecule has 0 saturated heterocycles. The molecular formula is C22H24N4O2. The Bertz CT molecular complexity index is 912.